The highest BCUT2D eigenvalue weighted by atomic mass is 35.5. The van der Waals surface area contributed by atoms with Crippen LogP contribution < -0.4 is 0 Å². The number of carboxylic acids is 1. The van der Waals surface area contributed by atoms with Crippen LogP contribution in [-0.4, -0.2) is 25.2 Å². The molecule has 0 spiro atoms. The largest absolute Gasteiger partial charge is 0.478 e. The summed E-state index contributed by atoms with van der Waals surface area (Å²) in [5.41, 5.74) is 0.453. The third-order valence-corrected chi connectivity index (χ3v) is 5.12. The number of sulfone groups is 1. The number of aromatic carboxylic acids is 1. The third-order valence-electron chi connectivity index (χ3n) is 3.02. The number of rotatable bonds is 1. The standard InChI is InChI=1S/C11H11ClO4S/c1-6-2-3-17(15,16)10-5-8(11(13)14)9(12)4-7(6)10/h4-6H,2-3H2,1H3,(H,13,14)/t6-/m0/s1. The molecule has 1 heterocycles. The Kier molecular flexibility index (Phi) is 2.91. The Morgan fingerprint density at radius 1 is 1.47 bits per heavy atom. The lowest BCUT2D eigenvalue weighted by molar-refractivity contribution is 0.0697. The Morgan fingerprint density at radius 3 is 2.71 bits per heavy atom. The van der Waals surface area contributed by atoms with Gasteiger partial charge < -0.3 is 5.11 Å². The molecule has 0 unspecified atom stereocenters. The Labute approximate surface area is 104 Å². The number of hydrogen-bond donors (Lipinski definition) is 1. The molecule has 1 atom stereocenters. The van der Waals surface area contributed by atoms with E-state index in [1.807, 2.05) is 6.92 Å². The molecule has 1 aromatic rings. The van der Waals surface area contributed by atoms with Crippen LogP contribution in [0.1, 0.15) is 35.2 Å². The van der Waals surface area contributed by atoms with Gasteiger partial charge in [-0.05, 0) is 30.0 Å². The summed E-state index contributed by atoms with van der Waals surface area (Å²) in [6.07, 6.45) is 0.540. The fraction of sp³-hybridized carbons (Fsp3) is 0.364. The van der Waals surface area contributed by atoms with Crippen LogP contribution in [0.5, 0.6) is 0 Å². The molecule has 1 N–H and O–H groups in total. The maximum atomic E-state index is 11.9. The van der Waals surface area contributed by atoms with Crippen LogP contribution >= 0.6 is 11.6 Å². The van der Waals surface area contributed by atoms with E-state index in [-0.39, 0.29) is 27.2 Å². The predicted molar refractivity (Wildman–Crippen MR) is 63.5 cm³/mol. The summed E-state index contributed by atoms with van der Waals surface area (Å²) in [5.74, 6) is -1.08. The molecule has 1 aliphatic rings. The molecule has 4 nitrogen and oxygen atoms in total. The average molecular weight is 275 g/mol. The molecule has 17 heavy (non-hydrogen) atoms. The Balaban J connectivity index is 2.75. The molecule has 1 aliphatic heterocycles. The van der Waals surface area contributed by atoms with Crippen molar-refractivity contribution in [2.75, 3.05) is 5.75 Å². The summed E-state index contributed by atoms with van der Waals surface area (Å²) in [7, 11) is -3.37. The number of benzene rings is 1. The molecule has 0 bridgehead atoms. The van der Waals surface area contributed by atoms with Crippen LogP contribution in [0.25, 0.3) is 0 Å². The van der Waals surface area contributed by atoms with Gasteiger partial charge in [0.15, 0.2) is 9.84 Å². The van der Waals surface area contributed by atoms with E-state index in [0.717, 1.165) is 0 Å². The Bertz CT molecular complexity index is 592. The van der Waals surface area contributed by atoms with Crippen molar-refractivity contribution in [2.45, 2.75) is 24.2 Å². The van der Waals surface area contributed by atoms with Crippen LogP contribution in [0.4, 0.5) is 0 Å². The summed E-state index contributed by atoms with van der Waals surface area (Å²) >= 11 is 5.84. The zero-order valence-corrected chi connectivity index (χ0v) is 10.7. The summed E-state index contributed by atoms with van der Waals surface area (Å²) in [5, 5.41) is 9.01. The quantitative estimate of drug-likeness (QED) is 0.853. The van der Waals surface area contributed by atoms with Crippen molar-refractivity contribution in [2.24, 2.45) is 0 Å². The first-order chi connectivity index (χ1) is 7.83. The van der Waals surface area contributed by atoms with Crippen molar-refractivity contribution in [1.82, 2.24) is 0 Å². The van der Waals surface area contributed by atoms with E-state index in [1.54, 1.807) is 0 Å². The monoisotopic (exact) mass is 274 g/mol. The van der Waals surface area contributed by atoms with Gasteiger partial charge in [0.1, 0.15) is 0 Å². The highest BCUT2D eigenvalue weighted by Gasteiger charge is 2.30. The van der Waals surface area contributed by atoms with Gasteiger partial charge in [-0.25, -0.2) is 13.2 Å². The second-order valence-electron chi connectivity index (χ2n) is 4.18. The van der Waals surface area contributed by atoms with Gasteiger partial charge in [0, 0.05) is 0 Å². The Morgan fingerprint density at radius 2 is 2.12 bits per heavy atom. The van der Waals surface area contributed by atoms with Gasteiger partial charge in [0.05, 0.1) is 21.2 Å². The molecule has 0 saturated carbocycles. The zero-order chi connectivity index (χ0) is 12.8. The molecule has 92 valence electrons. The fourth-order valence-electron chi connectivity index (χ4n) is 1.98. The molecule has 0 aromatic heterocycles. The highest BCUT2D eigenvalue weighted by molar-refractivity contribution is 7.91. The van der Waals surface area contributed by atoms with Crippen molar-refractivity contribution in [1.29, 1.82) is 0 Å². The zero-order valence-electron chi connectivity index (χ0n) is 9.10. The lowest BCUT2D eigenvalue weighted by Crippen LogP contribution is -2.19. The lowest BCUT2D eigenvalue weighted by atomic mass is 9.97. The first-order valence-electron chi connectivity index (χ1n) is 5.12. The van der Waals surface area contributed by atoms with Crippen LogP contribution in [0, 0.1) is 0 Å². The maximum Gasteiger partial charge on any atom is 0.337 e. The van der Waals surface area contributed by atoms with Gasteiger partial charge in [0.2, 0.25) is 0 Å². The van der Waals surface area contributed by atoms with E-state index in [1.165, 1.54) is 12.1 Å². The third kappa shape index (κ3) is 2.05. The van der Waals surface area contributed by atoms with Gasteiger partial charge >= 0.3 is 5.97 Å². The molecular formula is C11H11ClO4S. The minimum Gasteiger partial charge on any atom is -0.478 e. The van der Waals surface area contributed by atoms with E-state index in [9.17, 15) is 13.2 Å². The molecule has 0 radical (unpaired) electrons. The summed E-state index contributed by atoms with van der Waals surface area (Å²) in [6.45, 7) is 1.91. The summed E-state index contributed by atoms with van der Waals surface area (Å²) in [4.78, 5) is 11.0. The van der Waals surface area contributed by atoms with E-state index >= 15 is 0 Å². The topological polar surface area (TPSA) is 71.4 Å². The van der Waals surface area contributed by atoms with Crippen LogP contribution in [0.3, 0.4) is 0 Å². The summed E-state index contributed by atoms with van der Waals surface area (Å²) < 4.78 is 23.7. The van der Waals surface area contributed by atoms with E-state index in [0.29, 0.717) is 12.0 Å². The van der Waals surface area contributed by atoms with Crippen molar-refractivity contribution >= 4 is 27.4 Å². The van der Waals surface area contributed by atoms with Gasteiger partial charge in [-0.2, -0.15) is 0 Å². The Hall–Kier alpha value is -1.07. The lowest BCUT2D eigenvalue weighted by Gasteiger charge is -2.23. The normalized spacial score (nSPS) is 21.9. The average Bonchev–Trinajstić information content (AvgIpc) is 2.23. The van der Waals surface area contributed by atoms with Crippen molar-refractivity contribution in [3.8, 4) is 0 Å². The number of carbonyl (C=O) groups is 1. The summed E-state index contributed by atoms with van der Waals surface area (Å²) in [6, 6.07) is 2.63. The predicted octanol–water partition coefficient (Wildman–Crippen LogP) is 2.32. The van der Waals surface area contributed by atoms with Crippen LogP contribution in [0.2, 0.25) is 5.02 Å². The fourth-order valence-corrected chi connectivity index (χ4v) is 4.04. The smallest absolute Gasteiger partial charge is 0.337 e. The first-order valence-corrected chi connectivity index (χ1v) is 7.15. The molecule has 0 amide bonds. The van der Waals surface area contributed by atoms with Gasteiger partial charge in [-0.15, -0.1) is 0 Å². The van der Waals surface area contributed by atoms with Crippen LogP contribution in [-0.2, 0) is 9.84 Å². The highest BCUT2D eigenvalue weighted by Crippen LogP contribution is 2.36. The number of carboxylic acid groups (broad SMARTS) is 1. The molecule has 0 fully saturated rings. The van der Waals surface area contributed by atoms with Crippen molar-refractivity contribution in [3.63, 3.8) is 0 Å². The second-order valence-corrected chi connectivity index (χ2v) is 6.67. The molecule has 1 aromatic carbocycles. The number of hydrogen-bond acceptors (Lipinski definition) is 3. The van der Waals surface area contributed by atoms with Gasteiger partial charge in [-0.3, -0.25) is 0 Å². The second kappa shape index (κ2) is 3.99. The molecular weight excluding hydrogens is 264 g/mol. The SMILES string of the molecule is C[C@H]1CCS(=O)(=O)c2cc(C(=O)O)c(Cl)cc21. The van der Waals surface area contributed by atoms with E-state index in [2.05, 4.69) is 0 Å². The number of fused-ring (bicyclic) bond motifs is 1. The van der Waals surface area contributed by atoms with Gasteiger partial charge in [-0.1, -0.05) is 18.5 Å². The van der Waals surface area contributed by atoms with Crippen molar-refractivity contribution < 1.29 is 18.3 Å². The molecule has 2 rings (SSSR count). The first kappa shape index (κ1) is 12.4. The molecule has 0 saturated heterocycles. The minimum atomic E-state index is -3.37. The van der Waals surface area contributed by atoms with Gasteiger partial charge in [0.25, 0.3) is 0 Å². The molecule has 0 aliphatic carbocycles. The maximum absolute atomic E-state index is 11.9. The van der Waals surface area contributed by atoms with E-state index in [4.69, 9.17) is 16.7 Å². The van der Waals surface area contributed by atoms with Crippen LogP contribution in [0.15, 0.2) is 17.0 Å². The van der Waals surface area contributed by atoms with E-state index < -0.39 is 15.8 Å². The number of halogens is 1. The molecule has 6 heteroatoms. The van der Waals surface area contributed by atoms with Crippen molar-refractivity contribution in [3.05, 3.63) is 28.3 Å². The minimum absolute atomic E-state index is 0.0574.